The SMILES string of the molecule is CC/C=C\C/C=C\C/C=C\C/C=C\C/C=C\C/C=C\C/C=C\C/C=C\CCCCCCC(=O)OCC(COC(=O)CCCCCCC/C=C\CCCC)OC(=O)CCCCCCCCCCCCCCCCCCCCCC. The maximum Gasteiger partial charge on any atom is 0.306 e. The fourth-order valence-electron chi connectivity index (χ4n) is 9.09. The number of ether oxygens (including phenoxy) is 3. The Balaban J connectivity index is 4.33. The molecule has 0 aliphatic rings. The van der Waals surface area contributed by atoms with Crippen molar-refractivity contribution in [1.29, 1.82) is 0 Å². The van der Waals surface area contributed by atoms with E-state index in [4.69, 9.17) is 14.2 Å². The maximum absolute atomic E-state index is 12.9. The second-order valence-corrected chi connectivity index (χ2v) is 21.6. The zero-order chi connectivity index (χ0) is 56.4. The van der Waals surface area contributed by atoms with E-state index in [2.05, 4.69) is 130 Å². The van der Waals surface area contributed by atoms with E-state index in [1.54, 1.807) is 0 Å². The number of allylic oxidation sites excluding steroid dienone is 18. The van der Waals surface area contributed by atoms with Gasteiger partial charge in [0, 0.05) is 19.3 Å². The van der Waals surface area contributed by atoms with E-state index >= 15 is 0 Å². The largest absolute Gasteiger partial charge is 0.462 e. The highest BCUT2D eigenvalue weighted by molar-refractivity contribution is 5.71. The Morgan fingerprint density at radius 3 is 0.833 bits per heavy atom. The number of carbonyl (C=O) groups excluding carboxylic acids is 3. The monoisotopic (exact) mass is 1080 g/mol. The average Bonchev–Trinajstić information content (AvgIpc) is 3.44. The van der Waals surface area contributed by atoms with Crippen molar-refractivity contribution < 1.29 is 28.6 Å². The van der Waals surface area contributed by atoms with Crippen molar-refractivity contribution in [3.63, 3.8) is 0 Å². The smallest absolute Gasteiger partial charge is 0.306 e. The van der Waals surface area contributed by atoms with Crippen molar-refractivity contribution >= 4 is 17.9 Å². The van der Waals surface area contributed by atoms with E-state index in [-0.39, 0.29) is 31.1 Å². The van der Waals surface area contributed by atoms with Gasteiger partial charge in [-0.1, -0.05) is 297 Å². The Kier molecular flexibility index (Phi) is 62.3. The lowest BCUT2D eigenvalue weighted by atomic mass is 10.0. The molecular weight excluding hydrogens is 961 g/mol. The summed E-state index contributed by atoms with van der Waals surface area (Å²) in [5, 5.41) is 0. The molecule has 1 atom stereocenters. The van der Waals surface area contributed by atoms with Gasteiger partial charge in [0.25, 0.3) is 0 Å². The van der Waals surface area contributed by atoms with Crippen LogP contribution in [0.2, 0.25) is 0 Å². The molecule has 0 bridgehead atoms. The standard InChI is InChI=1S/C72H122O6/c1-4-7-10-13-16-19-22-24-26-28-30-32-33-34-35-36-37-38-39-40-42-43-45-47-50-53-56-59-62-65-71(74)77-68-69(67-76-70(73)64-61-58-55-52-49-21-18-15-12-9-6-3)78-72(75)66-63-60-57-54-51-48-46-44-41-31-29-27-25-23-20-17-14-11-8-5-2/h7,10,15-16,18-19,24,26,30,32,34-35,37-38,40,42,45,47,69H,4-6,8-9,11-14,17,20-23,25,27-29,31,33,36,39,41,43-44,46,48-68H2,1-3H3/b10-7-,18-15-,19-16-,26-24-,32-30-,35-34-,38-37-,42-40-,47-45-. The molecule has 0 aromatic rings. The first-order chi connectivity index (χ1) is 38.5. The molecule has 0 fully saturated rings. The molecule has 0 radical (unpaired) electrons. The van der Waals surface area contributed by atoms with Crippen molar-refractivity contribution in [3.05, 3.63) is 109 Å². The Hall–Kier alpha value is -3.93. The van der Waals surface area contributed by atoms with Gasteiger partial charge in [0.15, 0.2) is 6.10 Å². The number of carbonyl (C=O) groups is 3. The topological polar surface area (TPSA) is 78.9 Å². The number of hydrogen-bond donors (Lipinski definition) is 0. The lowest BCUT2D eigenvalue weighted by molar-refractivity contribution is -0.167. The van der Waals surface area contributed by atoms with E-state index in [0.29, 0.717) is 19.3 Å². The van der Waals surface area contributed by atoms with Gasteiger partial charge in [-0.05, 0) is 103 Å². The van der Waals surface area contributed by atoms with Crippen molar-refractivity contribution in [2.45, 2.75) is 316 Å². The summed E-state index contributed by atoms with van der Waals surface area (Å²) in [6, 6.07) is 0. The minimum atomic E-state index is -0.792. The normalized spacial score (nSPS) is 12.8. The highest BCUT2D eigenvalue weighted by atomic mass is 16.6. The first-order valence-corrected chi connectivity index (χ1v) is 32.9. The zero-order valence-corrected chi connectivity index (χ0v) is 51.2. The molecule has 78 heavy (non-hydrogen) atoms. The Bertz CT molecular complexity index is 1570. The van der Waals surface area contributed by atoms with E-state index in [1.165, 1.54) is 141 Å². The second-order valence-electron chi connectivity index (χ2n) is 21.6. The highest BCUT2D eigenvalue weighted by Gasteiger charge is 2.19. The van der Waals surface area contributed by atoms with Crippen molar-refractivity contribution in [3.8, 4) is 0 Å². The molecule has 0 aliphatic carbocycles. The third-order valence-electron chi connectivity index (χ3n) is 14.0. The predicted octanol–water partition coefficient (Wildman–Crippen LogP) is 22.6. The van der Waals surface area contributed by atoms with Crippen molar-refractivity contribution in [2.24, 2.45) is 0 Å². The van der Waals surface area contributed by atoms with Crippen LogP contribution in [0.4, 0.5) is 0 Å². The second kappa shape index (κ2) is 65.6. The van der Waals surface area contributed by atoms with Gasteiger partial charge in [-0.3, -0.25) is 14.4 Å². The van der Waals surface area contributed by atoms with Gasteiger partial charge in [-0.25, -0.2) is 0 Å². The van der Waals surface area contributed by atoms with Crippen LogP contribution in [0.25, 0.3) is 0 Å². The molecule has 0 aromatic heterocycles. The van der Waals surface area contributed by atoms with Crippen LogP contribution in [-0.4, -0.2) is 37.2 Å². The Morgan fingerprint density at radius 1 is 0.269 bits per heavy atom. The Morgan fingerprint density at radius 2 is 0.513 bits per heavy atom. The molecule has 1 unspecified atom stereocenters. The summed E-state index contributed by atoms with van der Waals surface area (Å²) in [5.41, 5.74) is 0. The molecule has 0 spiro atoms. The highest BCUT2D eigenvalue weighted by Crippen LogP contribution is 2.17. The van der Waals surface area contributed by atoms with Gasteiger partial charge >= 0.3 is 17.9 Å². The molecule has 0 N–H and O–H groups in total. The third-order valence-corrected chi connectivity index (χ3v) is 14.0. The molecule has 446 valence electrons. The van der Waals surface area contributed by atoms with Crippen LogP contribution in [0.1, 0.15) is 310 Å². The molecule has 0 aliphatic heterocycles. The van der Waals surface area contributed by atoms with Crippen LogP contribution < -0.4 is 0 Å². The van der Waals surface area contributed by atoms with Crippen molar-refractivity contribution in [2.75, 3.05) is 13.2 Å². The first-order valence-electron chi connectivity index (χ1n) is 32.9. The summed E-state index contributed by atoms with van der Waals surface area (Å²) in [5.74, 6) is -0.914. The summed E-state index contributed by atoms with van der Waals surface area (Å²) in [7, 11) is 0. The zero-order valence-electron chi connectivity index (χ0n) is 51.2. The van der Waals surface area contributed by atoms with Crippen LogP contribution >= 0.6 is 0 Å². The minimum Gasteiger partial charge on any atom is -0.462 e. The average molecular weight is 1080 g/mol. The van der Waals surface area contributed by atoms with Crippen LogP contribution in [0.5, 0.6) is 0 Å². The van der Waals surface area contributed by atoms with Crippen LogP contribution in [0.15, 0.2) is 109 Å². The fraction of sp³-hybridized carbons (Fsp3) is 0.708. The summed E-state index contributed by atoms with van der Waals surface area (Å²) < 4.78 is 16.9. The van der Waals surface area contributed by atoms with Gasteiger partial charge < -0.3 is 14.2 Å². The maximum atomic E-state index is 12.9. The molecule has 0 saturated heterocycles. The van der Waals surface area contributed by atoms with E-state index in [1.807, 2.05) is 0 Å². The lowest BCUT2D eigenvalue weighted by Crippen LogP contribution is -2.30. The third kappa shape index (κ3) is 62.9. The molecular formula is C72H122O6. The molecule has 0 rings (SSSR count). The summed E-state index contributed by atoms with van der Waals surface area (Å²) in [4.78, 5) is 38.3. The van der Waals surface area contributed by atoms with Crippen LogP contribution in [-0.2, 0) is 28.6 Å². The van der Waals surface area contributed by atoms with Gasteiger partial charge in [0.05, 0.1) is 0 Å². The molecule has 6 nitrogen and oxygen atoms in total. The lowest BCUT2D eigenvalue weighted by Gasteiger charge is -2.18. The molecule has 6 heteroatoms. The van der Waals surface area contributed by atoms with Gasteiger partial charge in [0.1, 0.15) is 13.2 Å². The van der Waals surface area contributed by atoms with Crippen molar-refractivity contribution in [1.82, 2.24) is 0 Å². The molecule has 0 amide bonds. The fourth-order valence-corrected chi connectivity index (χ4v) is 9.09. The minimum absolute atomic E-state index is 0.0890. The molecule has 0 aromatic carbocycles. The van der Waals surface area contributed by atoms with E-state index in [9.17, 15) is 14.4 Å². The number of rotatable bonds is 59. The summed E-state index contributed by atoms with van der Waals surface area (Å²) in [6.07, 6.45) is 89.6. The van der Waals surface area contributed by atoms with Gasteiger partial charge in [0.2, 0.25) is 0 Å². The van der Waals surface area contributed by atoms with E-state index in [0.717, 1.165) is 128 Å². The van der Waals surface area contributed by atoms with Gasteiger partial charge in [-0.15, -0.1) is 0 Å². The predicted molar refractivity (Wildman–Crippen MR) is 339 cm³/mol. The van der Waals surface area contributed by atoms with Gasteiger partial charge in [-0.2, -0.15) is 0 Å². The summed E-state index contributed by atoms with van der Waals surface area (Å²) in [6.45, 7) is 6.49. The summed E-state index contributed by atoms with van der Waals surface area (Å²) >= 11 is 0. The number of hydrogen-bond acceptors (Lipinski definition) is 6. The Labute approximate surface area is 482 Å². The molecule has 0 saturated carbocycles. The van der Waals surface area contributed by atoms with Crippen LogP contribution in [0.3, 0.4) is 0 Å². The number of unbranched alkanes of at least 4 members (excludes halogenated alkanes) is 30. The van der Waals surface area contributed by atoms with Crippen LogP contribution in [0, 0.1) is 0 Å². The molecule has 0 heterocycles. The van der Waals surface area contributed by atoms with E-state index < -0.39 is 6.10 Å². The first kappa shape index (κ1) is 74.1. The number of esters is 3. The quantitative estimate of drug-likeness (QED) is 0.0261.